The molecule has 0 spiro atoms. The third-order valence-electron chi connectivity index (χ3n) is 5.66. The fraction of sp³-hybridized carbons (Fsp3) is 0.545. The molecule has 168 valence electrons. The minimum Gasteiger partial charge on any atom is -0.481 e. The molecule has 2 fully saturated rings. The SMILES string of the molecule is CCCc1oc(N2CCCC2)nc1C(=O)Nc1ccc(OC2CCCC2(F)F)c(F)c1. The molecule has 2 aromatic rings. The maximum atomic E-state index is 14.5. The van der Waals surface area contributed by atoms with Crippen molar-refractivity contribution in [3.05, 3.63) is 35.5 Å². The smallest absolute Gasteiger partial charge is 0.298 e. The number of hydrogen-bond acceptors (Lipinski definition) is 5. The quantitative estimate of drug-likeness (QED) is 0.646. The van der Waals surface area contributed by atoms with Crippen molar-refractivity contribution < 1.29 is 27.1 Å². The van der Waals surface area contributed by atoms with E-state index in [2.05, 4.69) is 10.3 Å². The lowest BCUT2D eigenvalue weighted by molar-refractivity contribution is -0.0746. The highest BCUT2D eigenvalue weighted by molar-refractivity contribution is 6.03. The summed E-state index contributed by atoms with van der Waals surface area (Å²) in [5, 5.41) is 2.62. The van der Waals surface area contributed by atoms with Crippen LogP contribution in [0.1, 0.15) is 61.7 Å². The zero-order chi connectivity index (χ0) is 22.0. The zero-order valence-corrected chi connectivity index (χ0v) is 17.4. The molecule has 1 aromatic heterocycles. The Kier molecular flexibility index (Phi) is 6.11. The number of carbonyl (C=O) groups excluding carboxylic acids is 1. The second-order valence-electron chi connectivity index (χ2n) is 8.07. The van der Waals surface area contributed by atoms with Gasteiger partial charge >= 0.3 is 0 Å². The molecule has 2 heterocycles. The van der Waals surface area contributed by atoms with Crippen LogP contribution in [0.2, 0.25) is 0 Å². The van der Waals surface area contributed by atoms with Gasteiger partial charge in [-0.15, -0.1) is 0 Å². The highest BCUT2D eigenvalue weighted by Gasteiger charge is 2.46. The lowest BCUT2D eigenvalue weighted by Crippen LogP contribution is -2.32. The molecule has 2 aliphatic rings. The summed E-state index contributed by atoms with van der Waals surface area (Å²) in [6, 6.07) is 4.16. The summed E-state index contributed by atoms with van der Waals surface area (Å²) in [5.74, 6) is -4.05. The molecule has 31 heavy (non-hydrogen) atoms. The molecule has 0 bridgehead atoms. The Morgan fingerprint density at radius 2 is 2.10 bits per heavy atom. The highest BCUT2D eigenvalue weighted by Crippen LogP contribution is 2.38. The normalized spacial score (nSPS) is 20.3. The van der Waals surface area contributed by atoms with Crippen LogP contribution in [0.5, 0.6) is 5.75 Å². The molecule has 1 saturated heterocycles. The number of hydrogen-bond donors (Lipinski definition) is 1. The second kappa shape index (κ2) is 8.80. The van der Waals surface area contributed by atoms with Crippen LogP contribution < -0.4 is 15.0 Å². The van der Waals surface area contributed by atoms with Crippen molar-refractivity contribution in [3.8, 4) is 5.75 Å². The van der Waals surface area contributed by atoms with Crippen molar-refractivity contribution in [1.29, 1.82) is 0 Å². The molecule has 0 radical (unpaired) electrons. The van der Waals surface area contributed by atoms with Gasteiger partial charge in [0, 0.05) is 37.7 Å². The summed E-state index contributed by atoms with van der Waals surface area (Å²) >= 11 is 0. The summed E-state index contributed by atoms with van der Waals surface area (Å²) in [5.41, 5.74) is 0.358. The second-order valence-corrected chi connectivity index (χ2v) is 8.07. The van der Waals surface area contributed by atoms with E-state index < -0.39 is 23.8 Å². The Hall–Kier alpha value is -2.71. The van der Waals surface area contributed by atoms with E-state index in [1.165, 1.54) is 12.1 Å². The number of nitrogens with zero attached hydrogens (tertiary/aromatic N) is 2. The van der Waals surface area contributed by atoms with E-state index in [4.69, 9.17) is 9.15 Å². The summed E-state index contributed by atoms with van der Waals surface area (Å²) in [4.78, 5) is 19.2. The minimum absolute atomic E-state index is 0.176. The number of anilines is 2. The van der Waals surface area contributed by atoms with Crippen molar-refractivity contribution in [3.63, 3.8) is 0 Å². The van der Waals surface area contributed by atoms with Crippen molar-refractivity contribution >= 4 is 17.6 Å². The molecule has 6 nitrogen and oxygen atoms in total. The van der Waals surface area contributed by atoms with Gasteiger partial charge in [-0.2, -0.15) is 4.98 Å². The Balaban J connectivity index is 1.47. The van der Waals surface area contributed by atoms with Crippen LogP contribution in [0.15, 0.2) is 22.6 Å². The molecule has 1 N–H and O–H groups in total. The number of carbonyl (C=O) groups is 1. The largest absolute Gasteiger partial charge is 0.481 e. The van der Waals surface area contributed by atoms with Gasteiger partial charge in [-0.1, -0.05) is 6.92 Å². The van der Waals surface area contributed by atoms with Crippen molar-refractivity contribution in [2.75, 3.05) is 23.3 Å². The molecule has 1 aliphatic carbocycles. The number of halogens is 3. The summed E-state index contributed by atoms with van der Waals surface area (Å²) in [7, 11) is 0. The van der Waals surface area contributed by atoms with E-state index in [-0.39, 0.29) is 30.0 Å². The summed E-state index contributed by atoms with van der Waals surface area (Å²) in [6.45, 7) is 3.64. The number of nitrogens with one attached hydrogen (secondary N) is 1. The van der Waals surface area contributed by atoms with Gasteiger partial charge in [-0.25, -0.2) is 13.2 Å². The lowest BCUT2D eigenvalue weighted by atomic mass is 10.2. The van der Waals surface area contributed by atoms with Crippen molar-refractivity contribution in [1.82, 2.24) is 4.98 Å². The Labute approximate surface area is 178 Å². The van der Waals surface area contributed by atoms with Gasteiger partial charge in [-0.3, -0.25) is 4.79 Å². The molecule has 1 aromatic carbocycles. The number of alkyl halides is 2. The van der Waals surface area contributed by atoms with Gasteiger partial charge in [0.2, 0.25) is 0 Å². The standard InChI is InChI=1S/C22H26F3N3O3/c1-2-6-17-19(27-21(31-17)28-11-3-4-12-28)20(29)26-14-8-9-16(15(23)13-14)30-18-7-5-10-22(18,24)25/h8-9,13,18H,2-7,10-12H2,1H3,(H,26,29). The zero-order valence-electron chi connectivity index (χ0n) is 17.4. The number of rotatable bonds is 7. The first kappa shape index (κ1) is 21.5. The number of aromatic nitrogens is 1. The average Bonchev–Trinajstić information content (AvgIpc) is 3.44. The van der Waals surface area contributed by atoms with E-state index in [0.29, 0.717) is 24.6 Å². The van der Waals surface area contributed by atoms with Crippen LogP contribution in [0, 0.1) is 5.82 Å². The molecule has 1 atom stereocenters. The van der Waals surface area contributed by atoms with Gasteiger partial charge in [0.15, 0.2) is 23.4 Å². The van der Waals surface area contributed by atoms with Gasteiger partial charge in [-0.05, 0) is 44.2 Å². The van der Waals surface area contributed by atoms with Gasteiger partial charge in [0.1, 0.15) is 5.76 Å². The molecule has 1 saturated carbocycles. The van der Waals surface area contributed by atoms with Crippen LogP contribution in [-0.4, -0.2) is 36.0 Å². The van der Waals surface area contributed by atoms with Gasteiger partial charge in [0.25, 0.3) is 17.8 Å². The van der Waals surface area contributed by atoms with Crippen molar-refractivity contribution in [2.24, 2.45) is 0 Å². The fourth-order valence-corrected chi connectivity index (χ4v) is 4.02. The van der Waals surface area contributed by atoms with Crippen LogP contribution in [-0.2, 0) is 6.42 Å². The first-order chi connectivity index (χ1) is 14.9. The molecule has 4 rings (SSSR count). The first-order valence-electron chi connectivity index (χ1n) is 10.8. The van der Waals surface area contributed by atoms with E-state index in [1.807, 2.05) is 11.8 Å². The highest BCUT2D eigenvalue weighted by atomic mass is 19.3. The number of benzene rings is 1. The average molecular weight is 437 g/mol. The Morgan fingerprint density at radius 3 is 2.74 bits per heavy atom. The Morgan fingerprint density at radius 1 is 1.32 bits per heavy atom. The predicted octanol–water partition coefficient (Wildman–Crippen LogP) is 5.19. The van der Waals surface area contributed by atoms with E-state index in [9.17, 15) is 18.0 Å². The van der Waals surface area contributed by atoms with Crippen LogP contribution in [0.25, 0.3) is 0 Å². The molecule has 1 amide bonds. The van der Waals surface area contributed by atoms with E-state index >= 15 is 0 Å². The number of ether oxygens (including phenoxy) is 1. The maximum absolute atomic E-state index is 14.5. The van der Waals surface area contributed by atoms with E-state index in [0.717, 1.165) is 38.4 Å². The number of oxazole rings is 1. The monoisotopic (exact) mass is 437 g/mol. The molecule has 1 unspecified atom stereocenters. The van der Waals surface area contributed by atoms with Crippen LogP contribution >= 0.6 is 0 Å². The number of amides is 1. The van der Waals surface area contributed by atoms with Crippen LogP contribution in [0.3, 0.4) is 0 Å². The van der Waals surface area contributed by atoms with Gasteiger partial charge in [0.05, 0.1) is 0 Å². The fourth-order valence-electron chi connectivity index (χ4n) is 4.02. The van der Waals surface area contributed by atoms with Crippen molar-refractivity contribution in [2.45, 2.75) is 63.9 Å². The summed E-state index contributed by atoms with van der Waals surface area (Å²) in [6.07, 6.45) is 2.35. The minimum atomic E-state index is -2.96. The molecule has 1 aliphatic heterocycles. The molecule has 9 heteroatoms. The number of aryl methyl sites for hydroxylation is 1. The predicted molar refractivity (Wildman–Crippen MR) is 110 cm³/mol. The third kappa shape index (κ3) is 4.65. The lowest BCUT2D eigenvalue weighted by Gasteiger charge is -2.21. The van der Waals surface area contributed by atoms with E-state index in [1.54, 1.807) is 0 Å². The van der Waals surface area contributed by atoms with Crippen LogP contribution in [0.4, 0.5) is 24.9 Å². The Bertz CT molecular complexity index is 941. The molecular formula is C22H26F3N3O3. The summed E-state index contributed by atoms with van der Waals surface area (Å²) < 4.78 is 53.0. The topological polar surface area (TPSA) is 67.6 Å². The maximum Gasteiger partial charge on any atom is 0.298 e. The third-order valence-corrected chi connectivity index (χ3v) is 5.66. The van der Waals surface area contributed by atoms with Gasteiger partial charge < -0.3 is 19.4 Å². The molecular weight excluding hydrogens is 411 g/mol. The first-order valence-corrected chi connectivity index (χ1v) is 10.8.